The first kappa shape index (κ1) is 15.4. The molecule has 1 atom stereocenters. The number of rotatable bonds is 5. The summed E-state index contributed by atoms with van der Waals surface area (Å²) in [6, 6.07) is 14.4. The van der Waals surface area contributed by atoms with Gasteiger partial charge in [-0.2, -0.15) is 0 Å². The van der Waals surface area contributed by atoms with Crippen LogP contribution in [-0.2, 0) is 6.42 Å². The molecule has 0 radical (unpaired) electrons. The number of likely N-dealkylation sites (N-methyl/N-ethyl adjacent to an activating group) is 1. The van der Waals surface area contributed by atoms with Gasteiger partial charge >= 0.3 is 0 Å². The van der Waals surface area contributed by atoms with Crippen LogP contribution in [0.2, 0.25) is 10.0 Å². The highest BCUT2D eigenvalue weighted by Crippen LogP contribution is 2.32. The lowest BCUT2D eigenvalue weighted by Crippen LogP contribution is -2.23. The van der Waals surface area contributed by atoms with Gasteiger partial charge in [0.1, 0.15) is 0 Å². The molecule has 1 N–H and O–H groups in total. The van der Waals surface area contributed by atoms with Gasteiger partial charge in [-0.15, -0.1) is 0 Å². The van der Waals surface area contributed by atoms with E-state index in [0.29, 0.717) is 0 Å². The zero-order valence-corrected chi connectivity index (χ0v) is 13.3. The Hall–Kier alpha value is -1.02. The van der Waals surface area contributed by atoms with Crippen molar-refractivity contribution in [3.8, 4) is 0 Å². The molecular weight excluding hydrogens is 289 g/mol. The van der Waals surface area contributed by atoms with Crippen molar-refractivity contribution in [2.45, 2.75) is 26.3 Å². The fourth-order valence-electron chi connectivity index (χ4n) is 2.33. The minimum Gasteiger partial charge on any atom is -0.310 e. The smallest absolute Gasteiger partial charge is 0.0468 e. The van der Waals surface area contributed by atoms with E-state index in [0.717, 1.165) is 28.6 Å². The second-order valence-corrected chi connectivity index (χ2v) is 5.75. The zero-order valence-electron chi connectivity index (χ0n) is 11.8. The van der Waals surface area contributed by atoms with Gasteiger partial charge < -0.3 is 5.32 Å². The van der Waals surface area contributed by atoms with Gasteiger partial charge in [-0.25, -0.2) is 0 Å². The Bertz CT molecular complexity index is 543. The van der Waals surface area contributed by atoms with E-state index < -0.39 is 0 Å². The first-order valence-corrected chi connectivity index (χ1v) is 7.60. The van der Waals surface area contributed by atoms with Crippen LogP contribution in [0.15, 0.2) is 42.5 Å². The maximum atomic E-state index is 6.33. The number of hydrogen-bond donors (Lipinski definition) is 1. The van der Waals surface area contributed by atoms with E-state index in [4.69, 9.17) is 23.2 Å². The van der Waals surface area contributed by atoms with Gasteiger partial charge in [0.2, 0.25) is 0 Å². The average Bonchev–Trinajstić information content (AvgIpc) is 2.41. The van der Waals surface area contributed by atoms with Crippen molar-refractivity contribution in [3.63, 3.8) is 0 Å². The summed E-state index contributed by atoms with van der Waals surface area (Å²) < 4.78 is 0. The average molecular weight is 308 g/mol. The van der Waals surface area contributed by atoms with Crippen molar-refractivity contribution in [1.29, 1.82) is 0 Å². The summed E-state index contributed by atoms with van der Waals surface area (Å²) in [5, 5.41) is 4.91. The summed E-state index contributed by atoms with van der Waals surface area (Å²) in [5.41, 5.74) is 3.53. The molecule has 0 heterocycles. The molecule has 1 unspecified atom stereocenters. The molecule has 0 aliphatic rings. The van der Waals surface area contributed by atoms with Crippen molar-refractivity contribution in [2.75, 3.05) is 6.54 Å². The van der Waals surface area contributed by atoms with Gasteiger partial charge in [0, 0.05) is 21.7 Å². The third-order valence-electron chi connectivity index (χ3n) is 3.36. The number of nitrogens with one attached hydrogen (secondary N) is 1. The Morgan fingerprint density at radius 3 is 2.15 bits per heavy atom. The highest BCUT2D eigenvalue weighted by atomic mass is 35.5. The third-order valence-corrected chi connectivity index (χ3v) is 4.02. The van der Waals surface area contributed by atoms with E-state index in [2.05, 4.69) is 43.4 Å². The summed E-state index contributed by atoms with van der Waals surface area (Å²) in [5.74, 6) is 0. The fraction of sp³-hybridized carbons (Fsp3) is 0.294. The predicted molar refractivity (Wildman–Crippen MR) is 87.8 cm³/mol. The predicted octanol–water partition coefficient (Wildman–Crippen LogP) is 5.20. The summed E-state index contributed by atoms with van der Waals surface area (Å²) in [4.78, 5) is 0. The molecule has 0 aliphatic carbocycles. The van der Waals surface area contributed by atoms with Crippen molar-refractivity contribution >= 4 is 23.2 Å². The maximum absolute atomic E-state index is 6.33. The van der Waals surface area contributed by atoms with Crippen LogP contribution in [0.5, 0.6) is 0 Å². The van der Waals surface area contributed by atoms with Crippen molar-refractivity contribution in [1.82, 2.24) is 5.32 Å². The molecule has 20 heavy (non-hydrogen) atoms. The molecule has 0 amide bonds. The topological polar surface area (TPSA) is 12.0 Å². The summed E-state index contributed by atoms with van der Waals surface area (Å²) in [7, 11) is 0. The number of hydrogen-bond acceptors (Lipinski definition) is 1. The van der Waals surface area contributed by atoms with Crippen LogP contribution in [0.3, 0.4) is 0 Å². The molecule has 0 spiro atoms. The van der Waals surface area contributed by atoms with Gasteiger partial charge in [-0.3, -0.25) is 0 Å². The SMILES string of the molecule is CCNC(Cc1ccc(C)cc1)c1c(Cl)cccc1Cl. The molecule has 2 rings (SSSR count). The Kier molecular flexibility index (Phi) is 5.47. The Morgan fingerprint density at radius 1 is 1.00 bits per heavy atom. The second-order valence-electron chi connectivity index (χ2n) is 4.94. The minimum absolute atomic E-state index is 0.129. The number of halogens is 2. The van der Waals surface area contributed by atoms with Crippen LogP contribution >= 0.6 is 23.2 Å². The molecule has 1 nitrogen and oxygen atoms in total. The molecule has 3 heteroatoms. The van der Waals surface area contributed by atoms with E-state index in [-0.39, 0.29) is 6.04 Å². The lowest BCUT2D eigenvalue weighted by Gasteiger charge is -2.21. The van der Waals surface area contributed by atoms with Gasteiger partial charge in [-0.05, 0) is 37.6 Å². The molecule has 0 aromatic heterocycles. The second kappa shape index (κ2) is 7.12. The Morgan fingerprint density at radius 2 is 1.60 bits per heavy atom. The highest BCUT2D eigenvalue weighted by molar-refractivity contribution is 6.36. The van der Waals surface area contributed by atoms with Crippen molar-refractivity contribution in [3.05, 3.63) is 69.2 Å². The summed E-state index contributed by atoms with van der Waals surface area (Å²) in [6.45, 7) is 5.06. The van der Waals surface area contributed by atoms with E-state index in [1.54, 1.807) is 0 Å². The third kappa shape index (κ3) is 3.76. The largest absolute Gasteiger partial charge is 0.310 e. The molecule has 0 saturated heterocycles. The van der Waals surface area contributed by atoms with Crippen LogP contribution in [0.1, 0.15) is 29.7 Å². The molecule has 106 valence electrons. The van der Waals surface area contributed by atoms with Gasteiger partial charge in [0.15, 0.2) is 0 Å². The first-order chi connectivity index (χ1) is 9.61. The number of benzene rings is 2. The highest BCUT2D eigenvalue weighted by Gasteiger charge is 2.17. The maximum Gasteiger partial charge on any atom is 0.0468 e. The summed E-state index contributed by atoms with van der Waals surface area (Å²) >= 11 is 12.7. The van der Waals surface area contributed by atoms with E-state index >= 15 is 0 Å². The molecule has 0 fully saturated rings. The normalized spacial score (nSPS) is 12.4. The lowest BCUT2D eigenvalue weighted by atomic mass is 9.98. The number of aryl methyl sites for hydroxylation is 1. The Labute approximate surface area is 130 Å². The standard InChI is InChI=1S/C17H19Cl2N/c1-3-20-16(11-13-9-7-12(2)8-10-13)17-14(18)5-4-6-15(17)19/h4-10,16,20H,3,11H2,1-2H3. The first-order valence-electron chi connectivity index (χ1n) is 6.84. The van der Waals surface area contributed by atoms with Crippen molar-refractivity contribution < 1.29 is 0 Å². The zero-order chi connectivity index (χ0) is 14.5. The molecular formula is C17H19Cl2N. The van der Waals surface area contributed by atoms with Crippen LogP contribution < -0.4 is 5.32 Å². The van der Waals surface area contributed by atoms with Crippen LogP contribution in [0, 0.1) is 6.92 Å². The van der Waals surface area contributed by atoms with Crippen LogP contribution in [-0.4, -0.2) is 6.54 Å². The quantitative estimate of drug-likeness (QED) is 0.801. The van der Waals surface area contributed by atoms with E-state index in [1.165, 1.54) is 11.1 Å². The monoisotopic (exact) mass is 307 g/mol. The van der Waals surface area contributed by atoms with Crippen LogP contribution in [0.25, 0.3) is 0 Å². The molecule has 0 saturated carbocycles. The fourth-order valence-corrected chi connectivity index (χ4v) is 2.99. The van der Waals surface area contributed by atoms with E-state index in [9.17, 15) is 0 Å². The lowest BCUT2D eigenvalue weighted by molar-refractivity contribution is 0.550. The van der Waals surface area contributed by atoms with Crippen LogP contribution in [0.4, 0.5) is 0 Å². The summed E-state index contributed by atoms with van der Waals surface area (Å²) in [6.07, 6.45) is 0.873. The Balaban J connectivity index is 2.29. The molecule has 0 bridgehead atoms. The molecule has 2 aromatic carbocycles. The van der Waals surface area contributed by atoms with Crippen molar-refractivity contribution in [2.24, 2.45) is 0 Å². The molecule has 2 aromatic rings. The van der Waals surface area contributed by atoms with Gasteiger partial charge in [-0.1, -0.05) is 66.0 Å². The van der Waals surface area contributed by atoms with Gasteiger partial charge in [0.05, 0.1) is 0 Å². The van der Waals surface area contributed by atoms with E-state index in [1.807, 2.05) is 18.2 Å². The molecule has 0 aliphatic heterocycles. The van der Waals surface area contributed by atoms with Gasteiger partial charge in [0.25, 0.3) is 0 Å². The minimum atomic E-state index is 0.129.